The fourth-order valence-electron chi connectivity index (χ4n) is 10.7. The van der Waals surface area contributed by atoms with Crippen LogP contribution in [0.3, 0.4) is 0 Å². The highest BCUT2D eigenvalue weighted by Crippen LogP contribution is 2.29. The number of hydrogen-bond acceptors (Lipinski definition) is 20. The number of hydrogen-bond donors (Lipinski definition) is 5. The first-order valence-electron chi connectivity index (χ1n) is 39.3. The molecule has 0 radical (unpaired) electrons. The molecule has 127 heavy (non-hydrogen) atoms. The molecular formula is C104H82N12O11. The van der Waals surface area contributed by atoms with Crippen molar-refractivity contribution in [3.05, 3.63) is 122 Å². The fraction of sp³-hybridized carbons (Fsp3) is 0.279. The van der Waals surface area contributed by atoms with Crippen LogP contribution in [0, 0.1) is 321 Å². The van der Waals surface area contributed by atoms with Crippen molar-refractivity contribution in [3.63, 3.8) is 0 Å². The number of nitro groups is 2. The second-order valence-electron chi connectivity index (χ2n) is 25.7. The Hall–Kier alpha value is -17.5. The third-order valence-electron chi connectivity index (χ3n) is 16.8. The number of anilines is 4. The van der Waals surface area contributed by atoms with Crippen molar-refractivity contribution in [1.29, 1.82) is 0 Å². The lowest BCUT2D eigenvalue weighted by atomic mass is 9.95. The number of nitrogens with one attached hydrogen (secondary N) is 3. The maximum atomic E-state index is 10.7. The molecule has 3 saturated heterocycles. The van der Waals surface area contributed by atoms with Crippen LogP contribution >= 0.6 is 0 Å². The van der Waals surface area contributed by atoms with Crippen LogP contribution < -0.4 is 30.6 Å². The lowest BCUT2D eigenvalue weighted by Crippen LogP contribution is -2.38. The summed E-state index contributed by atoms with van der Waals surface area (Å²) in [5, 5.41) is 36.8. The number of nitrogens with zero attached hydrogens (tertiary/aromatic N) is 8. The number of aromatic hydroxyl groups is 1. The van der Waals surface area contributed by atoms with Gasteiger partial charge in [-0.1, -0.05) is 25.2 Å². The fourth-order valence-corrected chi connectivity index (χ4v) is 10.7. The standard InChI is InChI=1S/C47H4.C24H33N7O2.C13H18N2O4.C13H20N2O2.C7H7NO3/c1-3-5-7-9-11-13-15-17-19-21-23-25-27-29-31-33-35-37-39-41-43-45-47-46-44-42-40-38-36-34-32-30-28-26-24-22-20-18-16-14-12-10-8-6-4-2;1-17-15-19(33-14-11-31-9-12-32-13-10-31)7-8-20(17)28-24-29-22-21(25-16-26-22)23(30-24)27-18-5-3-2-4-6-18;1-11-10-12(2-3-13(11)15(16)17)19-9-6-14-4-7-18-8-5-14;1-11-10-12(2-3-13(11)14)17-9-6-15-4-7-16-8-5-15;1-5-4-6(9)2-3-7(5)8(10)11/h1H,2H3;7-8,15-16,18H,2-6,9-14H2,1H3,(H3,25,26,27,28,29,30);2-3,10H,4-9H2,1H3;2-3,10H,4-9,14H2,1H3;2-4,9H,1H3. The number of aromatic amines is 1. The smallest absolute Gasteiger partial charge is 0.272 e. The van der Waals surface area contributed by atoms with Crippen molar-refractivity contribution < 1.29 is 43.4 Å². The molecule has 4 fully saturated rings. The minimum atomic E-state index is -0.477. The first-order valence-corrected chi connectivity index (χ1v) is 39.3. The van der Waals surface area contributed by atoms with E-state index in [0.29, 0.717) is 54.3 Å². The summed E-state index contributed by atoms with van der Waals surface area (Å²) in [7, 11) is 0. The van der Waals surface area contributed by atoms with Gasteiger partial charge in [0.15, 0.2) is 11.5 Å². The van der Waals surface area contributed by atoms with Crippen molar-refractivity contribution in [2.75, 3.05) is 135 Å². The molecule has 23 nitrogen and oxygen atoms in total. The third-order valence-corrected chi connectivity index (χ3v) is 16.8. The summed E-state index contributed by atoms with van der Waals surface area (Å²) in [5.74, 6) is 116. The number of benzene rings is 4. The van der Waals surface area contributed by atoms with Gasteiger partial charge in [-0.05, 0) is 214 Å². The first-order chi connectivity index (χ1) is 62.2. The summed E-state index contributed by atoms with van der Waals surface area (Å²) < 4.78 is 33.3. The quantitative estimate of drug-likeness (QED) is 0.0232. The highest BCUT2D eigenvalue weighted by Gasteiger charge is 2.19. The van der Waals surface area contributed by atoms with Gasteiger partial charge in [0.25, 0.3) is 11.4 Å². The number of phenols is 1. The topological polar surface area (TPSA) is 276 Å². The van der Waals surface area contributed by atoms with Crippen LogP contribution in [0.25, 0.3) is 11.2 Å². The van der Waals surface area contributed by atoms with Crippen molar-refractivity contribution in [2.45, 2.75) is 72.8 Å². The van der Waals surface area contributed by atoms with Gasteiger partial charge in [0.2, 0.25) is 5.95 Å². The Kier molecular flexibility index (Phi) is 48.4. The normalized spacial score (nSPS) is 11.6. The Morgan fingerprint density at radius 1 is 0.457 bits per heavy atom. The molecule has 624 valence electrons. The number of fused-ring (bicyclic) bond motifs is 1. The lowest BCUT2D eigenvalue weighted by molar-refractivity contribution is -0.385. The second kappa shape index (κ2) is 62.6. The Morgan fingerprint density at radius 3 is 1.14 bits per heavy atom. The Balaban J connectivity index is 0.000000266. The zero-order chi connectivity index (χ0) is 90.5. The molecular weight excluding hydrogens is 1590 g/mol. The Labute approximate surface area is 744 Å². The summed E-state index contributed by atoms with van der Waals surface area (Å²) >= 11 is 0. The first kappa shape index (κ1) is 98.3. The summed E-state index contributed by atoms with van der Waals surface area (Å²) in [6, 6.07) is 21.1. The lowest BCUT2D eigenvalue weighted by Gasteiger charge is -2.26. The number of phenolic OH excluding ortho intramolecular Hbond substituents is 1. The molecule has 4 aromatic carbocycles. The number of ether oxygens (including phenoxy) is 6. The number of terminal acetylenes is 1. The molecule has 2 aromatic heterocycles. The molecule has 0 unspecified atom stereocenters. The van der Waals surface area contributed by atoms with Gasteiger partial charge in [-0.15, -0.1) is 6.42 Å². The van der Waals surface area contributed by atoms with Crippen molar-refractivity contribution in [2.24, 2.45) is 0 Å². The largest absolute Gasteiger partial charge is 0.508 e. The third kappa shape index (κ3) is 44.4. The van der Waals surface area contributed by atoms with Crippen LogP contribution in [-0.4, -0.2) is 174 Å². The molecule has 0 bridgehead atoms. The molecule has 1 aliphatic carbocycles. The van der Waals surface area contributed by atoms with Crippen LogP contribution in [-0.2, 0) is 14.2 Å². The molecule has 5 heterocycles. The van der Waals surface area contributed by atoms with Gasteiger partial charge in [-0.2, -0.15) is 9.97 Å². The van der Waals surface area contributed by atoms with E-state index in [4.69, 9.17) is 50.7 Å². The number of rotatable bonds is 18. The predicted molar refractivity (Wildman–Crippen MR) is 493 cm³/mol. The van der Waals surface area contributed by atoms with E-state index < -0.39 is 4.92 Å². The molecule has 0 amide bonds. The number of nitrogens with two attached hydrogens (primary N) is 1. The van der Waals surface area contributed by atoms with Crippen LogP contribution in [0.5, 0.6) is 23.0 Å². The number of H-pyrrole nitrogens is 1. The van der Waals surface area contributed by atoms with E-state index in [1.165, 1.54) is 56.4 Å². The molecule has 6 N–H and O–H groups in total. The van der Waals surface area contributed by atoms with Gasteiger partial charge in [0.05, 0.1) is 55.8 Å². The number of nitrogen functional groups attached to an aromatic ring is 1. The van der Waals surface area contributed by atoms with Gasteiger partial charge < -0.3 is 54.9 Å². The highest BCUT2D eigenvalue weighted by atomic mass is 16.6. The molecule has 4 aliphatic rings. The molecule has 3 aliphatic heterocycles. The maximum absolute atomic E-state index is 10.7. The van der Waals surface area contributed by atoms with E-state index >= 15 is 0 Å². The Morgan fingerprint density at radius 2 is 0.795 bits per heavy atom. The van der Waals surface area contributed by atoms with Crippen molar-refractivity contribution in [1.82, 2.24) is 34.6 Å². The zero-order valence-electron chi connectivity index (χ0n) is 70.6. The summed E-state index contributed by atoms with van der Waals surface area (Å²) in [4.78, 5) is 44.0. The number of aromatic nitrogens is 4. The van der Waals surface area contributed by atoms with E-state index in [0.717, 1.165) is 144 Å². The van der Waals surface area contributed by atoms with Gasteiger partial charge in [-0.25, -0.2) is 4.98 Å². The number of nitro benzene ring substituents is 2. The van der Waals surface area contributed by atoms with Crippen LogP contribution in [0.4, 0.5) is 34.5 Å². The van der Waals surface area contributed by atoms with E-state index in [-0.39, 0.29) is 22.0 Å². The van der Waals surface area contributed by atoms with Crippen LogP contribution in [0.1, 0.15) is 61.3 Å². The molecule has 0 spiro atoms. The van der Waals surface area contributed by atoms with E-state index in [9.17, 15) is 20.2 Å². The Bertz CT molecular complexity index is 6500. The highest BCUT2D eigenvalue weighted by molar-refractivity contribution is 5.84. The zero-order valence-corrected chi connectivity index (χ0v) is 70.6. The maximum Gasteiger partial charge on any atom is 0.272 e. The number of aryl methyl sites for hydroxylation is 4. The van der Waals surface area contributed by atoms with Gasteiger partial charge in [0.1, 0.15) is 48.3 Å². The summed E-state index contributed by atoms with van der Waals surface area (Å²) in [5.41, 5.74) is 12.4. The van der Waals surface area contributed by atoms with Crippen LogP contribution in [0.2, 0.25) is 0 Å². The van der Waals surface area contributed by atoms with E-state index in [2.05, 4.69) is 320 Å². The van der Waals surface area contributed by atoms with Gasteiger partial charge in [-0.3, -0.25) is 34.9 Å². The second-order valence-corrected chi connectivity index (χ2v) is 25.7. The van der Waals surface area contributed by atoms with Gasteiger partial charge in [0, 0.05) is 265 Å². The summed E-state index contributed by atoms with van der Waals surface area (Å²) in [6.07, 6.45) is 12.8. The summed E-state index contributed by atoms with van der Waals surface area (Å²) in [6.45, 7) is 24.4. The average molecular weight is 1680 g/mol. The van der Waals surface area contributed by atoms with E-state index in [1.54, 1.807) is 39.2 Å². The molecule has 1 saturated carbocycles. The molecule has 6 aromatic rings. The predicted octanol–water partition coefficient (Wildman–Crippen LogP) is 9.09. The SMILES string of the molecule is C#CC#CC#CC#CC#CC#CC#CC#CC#CC#CC#CC#CC#CC#CC#CC#CC#CC#CC#CC#CC#CC#CC#CC.Cc1cc(O)ccc1[N+](=O)[O-].Cc1cc(OCCN2CCOCC2)ccc1N.Cc1cc(OCCN2CCOCC2)ccc1Nc1nc(NC2CCCCC2)c2[nH]cnc2n1.Cc1cc(OCCN2CCOCC2)ccc1[N+](=O)[O-]. The minimum Gasteiger partial charge on any atom is -0.508 e. The molecule has 0 atom stereocenters. The minimum absolute atomic E-state index is 0.0304. The van der Waals surface area contributed by atoms with E-state index in [1.807, 2.05) is 37.3 Å². The van der Waals surface area contributed by atoms with Crippen molar-refractivity contribution >= 4 is 45.7 Å². The van der Waals surface area contributed by atoms with Crippen LogP contribution in [0.15, 0.2) is 79.1 Å². The molecule has 23 heteroatoms. The monoisotopic (exact) mass is 1670 g/mol. The van der Waals surface area contributed by atoms with Gasteiger partial charge >= 0.3 is 0 Å². The van der Waals surface area contributed by atoms with Crippen molar-refractivity contribution in [3.8, 4) is 296 Å². The number of morpholine rings is 3. The average Bonchev–Trinajstić information content (AvgIpc) is 1.77. The molecule has 10 rings (SSSR count). The number of imidazole rings is 1.